The number of amides is 1. The topological polar surface area (TPSA) is 93.1 Å². The number of rotatable bonds is 4. The van der Waals surface area contributed by atoms with Crippen molar-refractivity contribution >= 4 is 16.2 Å². The van der Waals surface area contributed by atoms with Crippen molar-refractivity contribution in [2.45, 2.75) is 11.4 Å². The van der Waals surface area contributed by atoms with Gasteiger partial charge >= 0.3 is 21.5 Å². The summed E-state index contributed by atoms with van der Waals surface area (Å²) in [4.78, 5) is 12.4. The minimum Gasteiger partial charge on any atom is -0.446 e. The predicted molar refractivity (Wildman–Crippen MR) is 55.1 cm³/mol. The number of halogens is 3. The molecule has 0 saturated carbocycles. The monoisotopic (exact) mass is 307 g/mol. The largest absolute Gasteiger partial charge is 0.446 e. The van der Waals surface area contributed by atoms with Gasteiger partial charge in [0.25, 0.3) is 0 Å². The first-order valence-corrected chi connectivity index (χ1v) is 6.58. The summed E-state index contributed by atoms with van der Waals surface area (Å²) >= 11 is 0. The van der Waals surface area contributed by atoms with Gasteiger partial charge in [0.05, 0.1) is 13.2 Å². The maximum atomic E-state index is 13.0. The van der Waals surface area contributed by atoms with Crippen molar-refractivity contribution in [3.8, 4) is 0 Å². The van der Waals surface area contributed by atoms with Crippen LogP contribution in [0.3, 0.4) is 0 Å². The molecule has 19 heavy (non-hydrogen) atoms. The Hall–Kier alpha value is -1.07. The van der Waals surface area contributed by atoms with E-state index in [2.05, 4.69) is 4.74 Å². The summed E-state index contributed by atoms with van der Waals surface area (Å²) in [6.45, 7) is -0.706. The fourth-order valence-corrected chi connectivity index (χ4v) is 1.63. The summed E-state index contributed by atoms with van der Waals surface area (Å²) in [6, 6.07) is 0. The van der Waals surface area contributed by atoms with Gasteiger partial charge in [-0.2, -0.15) is 17.2 Å². The zero-order valence-corrected chi connectivity index (χ0v) is 10.4. The van der Waals surface area contributed by atoms with E-state index in [1.807, 2.05) is 0 Å². The highest BCUT2D eigenvalue weighted by molar-refractivity contribution is 7.86. The third-order valence-electron chi connectivity index (χ3n) is 2.33. The number of morpholine rings is 1. The van der Waals surface area contributed by atoms with E-state index in [0.29, 0.717) is 0 Å². The van der Waals surface area contributed by atoms with Crippen LogP contribution in [0.1, 0.15) is 0 Å². The van der Waals surface area contributed by atoms with E-state index in [-0.39, 0.29) is 26.3 Å². The van der Waals surface area contributed by atoms with Gasteiger partial charge in [-0.25, -0.2) is 9.18 Å². The van der Waals surface area contributed by atoms with Crippen molar-refractivity contribution in [3.63, 3.8) is 0 Å². The van der Waals surface area contributed by atoms with Gasteiger partial charge < -0.3 is 14.4 Å². The standard InChI is InChI=1S/C8H12F3NO6S/c9-6(8(10,11)19(14,15)16)5-18-7(13)12-1-3-17-4-2-12/h6H,1-5H2,(H,14,15,16). The van der Waals surface area contributed by atoms with E-state index < -0.39 is 34.2 Å². The number of hydrogen-bond acceptors (Lipinski definition) is 5. The van der Waals surface area contributed by atoms with Crippen molar-refractivity contribution in [2.24, 2.45) is 0 Å². The summed E-state index contributed by atoms with van der Waals surface area (Å²) in [7, 11) is -5.91. The lowest BCUT2D eigenvalue weighted by atomic mass is 10.4. The molecule has 112 valence electrons. The van der Waals surface area contributed by atoms with Gasteiger partial charge in [0.1, 0.15) is 6.61 Å². The molecule has 0 aromatic carbocycles. The van der Waals surface area contributed by atoms with Gasteiger partial charge in [-0.15, -0.1) is 0 Å². The Morgan fingerprint density at radius 1 is 1.42 bits per heavy atom. The van der Waals surface area contributed by atoms with Crippen molar-refractivity contribution in [2.75, 3.05) is 32.9 Å². The average molecular weight is 307 g/mol. The lowest BCUT2D eigenvalue weighted by Crippen LogP contribution is -2.44. The van der Waals surface area contributed by atoms with Crippen molar-refractivity contribution in [3.05, 3.63) is 0 Å². The normalized spacial score (nSPS) is 19.1. The van der Waals surface area contributed by atoms with Crippen LogP contribution in [-0.4, -0.2) is 68.3 Å². The molecule has 0 radical (unpaired) electrons. The minimum absolute atomic E-state index is 0.157. The molecular formula is C8H12F3NO6S. The minimum atomic E-state index is -5.91. The molecule has 1 rings (SSSR count). The number of hydrogen-bond donors (Lipinski definition) is 1. The molecule has 7 nitrogen and oxygen atoms in total. The molecule has 1 N–H and O–H groups in total. The van der Waals surface area contributed by atoms with Crippen LogP contribution in [0.5, 0.6) is 0 Å². The highest BCUT2D eigenvalue weighted by atomic mass is 32.2. The van der Waals surface area contributed by atoms with Gasteiger partial charge in [-0.3, -0.25) is 4.55 Å². The highest BCUT2D eigenvalue weighted by Gasteiger charge is 2.53. The van der Waals surface area contributed by atoms with Crippen LogP contribution in [-0.2, 0) is 19.6 Å². The maximum Gasteiger partial charge on any atom is 0.410 e. The van der Waals surface area contributed by atoms with E-state index in [1.165, 1.54) is 0 Å². The van der Waals surface area contributed by atoms with E-state index in [9.17, 15) is 26.4 Å². The van der Waals surface area contributed by atoms with Crippen LogP contribution in [0.15, 0.2) is 0 Å². The second kappa shape index (κ2) is 5.92. The number of ether oxygens (including phenoxy) is 2. The molecule has 0 aliphatic carbocycles. The molecule has 1 aliphatic heterocycles. The molecule has 1 unspecified atom stereocenters. The molecule has 0 aromatic heterocycles. The highest BCUT2D eigenvalue weighted by Crippen LogP contribution is 2.27. The Kier molecular flexibility index (Phi) is 4.98. The van der Waals surface area contributed by atoms with E-state index >= 15 is 0 Å². The fourth-order valence-electron chi connectivity index (χ4n) is 1.24. The molecule has 1 heterocycles. The van der Waals surface area contributed by atoms with Crippen LogP contribution < -0.4 is 0 Å². The van der Waals surface area contributed by atoms with Gasteiger partial charge in [-0.05, 0) is 0 Å². The van der Waals surface area contributed by atoms with Crippen LogP contribution in [0.25, 0.3) is 0 Å². The smallest absolute Gasteiger partial charge is 0.410 e. The zero-order chi connectivity index (χ0) is 14.7. The molecule has 1 amide bonds. The molecule has 1 atom stereocenters. The first kappa shape index (κ1) is 16.0. The number of carbonyl (C=O) groups excluding carboxylic acids is 1. The lowest BCUT2D eigenvalue weighted by molar-refractivity contribution is -0.0390. The van der Waals surface area contributed by atoms with Crippen molar-refractivity contribution < 1.29 is 40.4 Å². The first-order chi connectivity index (χ1) is 8.66. The Balaban J connectivity index is 2.50. The van der Waals surface area contributed by atoms with Crippen molar-refractivity contribution in [1.29, 1.82) is 0 Å². The maximum absolute atomic E-state index is 13.0. The molecule has 0 spiro atoms. The second-order valence-electron chi connectivity index (χ2n) is 3.68. The number of alkyl halides is 3. The van der Waals surface area contributed by atoms with E-state index in [4.69, 9.17) is 9.29 Å². The molecule has 0 bridgehead atoms. The second-order valence-corrected chi connectivity index (χ2v) is 5.18. The predicted octanol–water partition coefficient (Wildman–Crippen LogP) is 0.274. The SMILES string of the molecule is O=C(OCC(F)C(F)(F)S(=O)(=O)O)N1CCOCC1. The number of carbonyl (C=O) groups is 1. The molecule has 11 heteroatoms. The molecule has 1 aliphatic rings. The Morgan fingerprint density at radius 3 is 2.42 bits per heavy atom. The van der Waals surface area contributed by atoms with E-state index in [0.717, 1.165) is 4.90 Å². The van der Waals surface area contributed by atoms with E-state index in [1.54, 1.807) is 0 Å². The van der Waals surface area contributed by atoms with Gasteiger partial charge in [0.15, 0.2) is 0 Å². The van der Waals surface area contributed by atoms with Gasteiger partial charge in [0, 0.05) is 13.1 Å². The summed E-state index contributed by atoms with van der Waals surface area (Å²) in [5, 5.41) is -5.03. The zero-order valence-electron chi connectivity index (χ0n) is 9.59. The third kappa shape index (κ3) is 3.94. The Labute approximate surface area is 107 Å². The van der Waals surface area contributed by atoms with Crippen LogP contribution in [0, 0.1) is 0 Å². The third-order valence-corrected chi connectivity index (χ3v) is 3.27. The molecular weight excluding hydrogens is 295 g/mol. The number of nitrogens with zero attached hydrogens (tertiary/aromatic N) is 1. The fraction of sp³-hybridized carbons (Fsp3) is 0.875. The molecule has 1 saturated heterocycles. The Bertz CT molecular complexity index is 422. The van der Waals surface area contributed by atoms with Gasteiger partial charge in [-0.1, -0.05) is 0 Å². The van der Waals surface area contributed by atoms with Crippen LogP contribution in [0.4, 0.5) is 18.0 Å². The average Bonchev–Trinajstić information content (AvgIpc) is 2.35. The molecule has 0 aromatic rings. The van der Waals surface area contributed by atoms with Crippen LogP contribution in [0.2, 0.25) is 0 Å². The first-order valence-electron chi connectivity index (χ1n) is 5.14. The van der Waals surface area contributed by atoms with Gasteiger partial charge in [0.2, 0.25) is 6.17 Å². The lowest BCUT2D eigenvalue weighted by Gasteiger charge is -2.26. The summed E-state index contributed by atoms with van der Waals surface area (Å²) in [5.74, 6) is 0. The summed E-state index contributed by atoms with van der Waals surface area (Å²) < 4.78 is 76.3. The molecule has 1 fully saturated rings. The van der Waals surface area contributed by atoms with Crippen molar-refractivity contribution in [1.82, 2.24) is 4.90 Å². The Morgan fingerprint density at radius 2 is 1.95 bits per heavy atom. The summed E-state index contributed by atoms with van der Waals surface area (Å²) in [6.07, 6.45) is -4.41. The summed E-state index contributed by atoms with van der Waals surface area (Å²) in [5.41, 5.74) is 0. The quantitative estimate of drug-likeness (QED) is 0.750. The van der Waals surface area contributed by atoms with Crippen LogP contribution >= 0.6 is 0 Å².